The largest absolute Gasteiger partial charge is 0.491 e. The number of aliphatic hydroxyl groups excluding tert-OH is 1. The number of methoxy groups -OCH3 is 1. The molecule has 5 aliphatic rings. The van der Waals surface area contributed by atoms with E-state index in [2.05, 4.69) is 33.2 Å². The fourth-order valence-corrected chi connectivity index (χ4v) is 11.6. The van der Waals surface area contributed by atoms with Crippen LogP contribution in [0.15, 0.2) is 133 Å². The maximum atomic E-state index is 17.0. The predicted octanol–water partition coefficient (Wildman–Crippen LogP) is 6.62. The summed E-state index contributed by atoms with van der Waals surface area (Å²) in [5.74, 6) is 2.74. The van der Waals surface area contributed by atoms with Gasteiger partial charge in [-0.05, 0) is 84.2 Å². The maximum Gasteiger partial charge on any atom is 0.329 e. The molecule has 3 saturated heterocycles. The van der Waals surface area contributed by atoms with E-state index in [1.807, 2.05) is 76.5 Å². The molecule has 1 spiro atoms. The van der Waals surface area contributed by atoms with Gasteiger partial charge in [-0.15, -0.1) is 0 Å². The molecule has 2 N–H and O–H groups in total. The van der Waals surface area contributed by atoms with Crippen LogP contribution >= 0.6 is 0 Å². The van der Waals surface area contributed by atoms with E-state index in [0.29, 0.717) is 41.5 Å². The van der Waals surface area contributed by atoms with Gasteiger partial charge in [0.05, 0.1) is 37.4 Å². The van der Waals surface area contributed by atoms with E-state index >= 15 is 19.2 Å². The SMILES string of the molecule is COC(=O)[C@@H](NC(=O)N1C(=O)[C@@]2(c3cc(C#CC4=CCCCC4)ccc31)[C@H](C(=O)N1CCN(c3ncccn3)CC1)[C@H]1C(=O)O[C@H](c3ccccc3)[C@H](c3ccccc3)N1[C@@H]2c1ccccc1OCCO)C(C)C. The van der Waals surface area contributed by atoms with Crippen molar-refractivity contribution in [1.29, 1.82) is 0 Å². The first kappa shape index (κ1) is 49.7. The van der Waals surface area contributed by atoms with Crippen molar-refractivity contribution < 1.29 is 43.3 Å². The lowest BCUT2D eigenvalue weighted by molar-refractivity contribution is -0.179. The van der Waals surface area contributed by atoms with E-state index in [-0.39, 0.29) is 37.6 Å². The monoisotopic (exact) mass is 997 g/mol. The Kier molecular flexibility index (Phi) is 14.3. The number of morpholine rings is 1. The molecule has 16 heteroatoms. The van der Waals surface area contributed by atoms with Crippen molar-refractivity contribution in [1.82, 2.24) is 25.1 Å². The minimum absolute atomic E-state index is 0.118. The van der Waals surface area contributed by atoms with E-state index in [4.69, 9.17) is 14.2 Å². The van der Waals surface area contributed by atoms with E-state index < -0.39 is 77.3 Å². The Labute approximate surface area is 430 Å². The van der Waals surface area contributed by atoms with Crippen LogP contribution in [0.5, 0.6) is 5.75 Å². The highest BCUT2D eigenvalue weighted by Crippen LogP contribution is 2.67. The Hall–Kier alpha value is -7.87. The Balaban J connectivity index is 1.26. The Morgan fingerprint density at radius 2 is 1.55 bits per heavy atom. The first-order valence-electron chi connectivity index (χ1n) is 25.4. The van der Waals surface area contributed by atoms with E-state index in [1.165, 1.54) is 7.11 Å². The van der Waals surface area contributed by atoms with E-state index in [1.54, 1.807) is 73.6 Å². The number of aromatic nitrogens is 2. The highest BCUT2D eigenvalue weighted by molar-refractivity contribution is 6.25. The number of hydrogen-bond acceptors (Lipinski definition) is 13. The van der Waals surface area contributed by atoms with Gasteiger partial charge in [-0.2, -0.15) is 0 Å². The van der Waals surface area contributed by atoms with Crippen LogP contribution in [0.25, 0.3) is 0 Å². The molecule has 0 bridgehead atoms. The third kappa shape index (κ3) is 8.93. The van der Waals surface area contributed by atoms with Crippen LogP contribution in [0, 0.1) is 23.7 Å². The topological polar surface area (TPSA) is 184 Å². The number of nitrogens with zero attached hydrogens (tertiary/aromatic N) is 6. The van der Waals surface area contributed by atoms with Gasteiger partial charge in [-0.25, -0.2) is 24.5 Å². The first-order valence-corrected chi connectivity index (χ1v) is 25.4. The molecule has 10 rings (SSSR count). The molecule has 3 fully saturated rings. The number of nitrogens with one attached hydrogen (secondary N) is 1. The van der Waals surface area contributed by atoms with Crippen molar-refractivity contribution in [2.75, 3.05) is 56.3 Å². The maximum absolute atomic E-state index is 17.0. The van der Waals surface area contributed by atoms with Crippen LogP contribution in [0.2, 0.25) is 0 Å². The first-order chi connectivity index (χ1) is 36.1. The summed E-state index contributed by atoms with van der Waals surface area (Å²) in [4.78, 5) is 93.4. The standard InChI is InChI=1S/C58H59N7O9/c1-37(2)47(53(68)72-3)61-57(71)64-44-27-26-39(25-24-38-16-7-4-8-17-38)36-43(44)58(55(64)70)46(52(67)62-30-32-63(33-31-62)56-59-28-15-29-60-56)49-54(69)74-50(41-20-11-6-12-21-41)48(40-18-9-5-10-19-40)65(49)51(58)42-22-13-14-23-45(42)73-35-34-66/h5-6,9-16,18-23,26-29,36-37,46-51,66H,4,7-8,17,30-35H2,1-3H3,(H,61,71)/t46-,47-,48-,49-,50+,51+,58-/m0/s1. The zero-order valence-corrected chi connectivity index (χ0v) is 41.6. The number of urea groups is 1. The highest BCUT2D eigenvalue weighted by atomic mass is 16.6. The molecule has 380 valence electrons. The van der Waals surface area contributed by atoms with Gasteiger partial charge in [0.15, 0.2) is 0 Å². The van der Waals surface area contributed by atoms with E-state index in [9.17, 15) is 9.90 Å². The summed E-state index contributed by atoms with van der Waals surface area (Å²) in [6, 6.07) is 27.3. The van der Waals surface area contributed by atoms with Crippen molar-refractivity contribution in [2.45, 2.75) is 75.2 Å². The van der Waals surface area contributed by atoms with Crippen LogP contribution in [0.1, 0.15) is 85.5 Å². The fraction of sp³-hybridized carbons (Fsp3) is 0.362. The van der Waals surface area contributed by atoms with Gasteiger partial charge in [0.1, 0.15) is 36.0 Å². The van der Waals surface area contributed by atoms with Crippen LogP contribution in [-0.4, -0.2) is 113 Å². The number of aliphatic hydroxyl groups is 1. The number of ether oxygens (including phenoxy) is 3. The van der Waals surface area contributed by atoms with Gasteiger partial charge in [0.25, 0.3) is 0 Å². The number of cyclic esters (lactones) is 1. The number of fused-ring (bicyclic) bond motifs is 3. The van der Waals surface area contributed by atoms with Crippen molar-refractivity contribution in [3.63, 3.8) is 0 Å². The molecule has 5 aromatic rings. The van der Waals surface area contributed by atoms with Gasteiger partial charge >= 0.3 is 18.0 Å². The van der Waals surface area contributed by atoms with Gasteiger partial charge < -0.3 is 34.4 Å². The van der Waals surface area contributed by atoms with Gasteiger partial charge in [0.2, 0.25) is 17.8 Å². The summed E-state index contributed by atoms with van der Waals surface area (Å²) in [5, 5.41) is 13.0. The second-order valence-electron chi connectivity index (χ2n) is 19.5. The molecule has 1 aliphatic carbocycles. The average molecular weight is 998 g/mol. The molecular formula is C58H59N7O9. The lowest BCUT2D eigenvalue weighted by atomic mass is 9.64. The molecule has 1 aromatic heterocycles. The fourth-order valence-electron chi connectivity index (χ4n) is 11.6. The van der Waals surface area contributed by atoms with Crippen LogP contribution in [0.3, 0.4) is 0 Å². The molecular weight excluding hydrogens is 939 g/mol. The predicted molar refractivity (Wildman–Crippen MR) is 274 cm³/mol. The minimum atomic E-state index is -2.12. The number of piperazine rings is 1. The zero-order valence-electron chi connectivity index (χ0n) is 41.6. The number of para-hydroxylation sites is 1. The number of anilines is 2. The summed E-state index contributed by atoms with van der Waals surface area (Å²) in [6.07, 6.45) is 8.30. The molecule has 7 atom stereocenters. The summed E-state index contributed by atoms with van der Waals surface area (Å²) >= 11 is 0. The lowest BCUT2D eigenvalue weighted by Crippen LogP contribution is -2.60. The second kappa shape index (κ2) is 21.3. The number of carbonyl (C=O) groups is 5. The molecule has 0 radical (unpaired) electrons. The van der Waals surface area contributed by atoms with Crippen LogP contribution in [0.4, 0.5) is 16.4 Å². The van der Waals surface area contributed by atoms with Crippen LogP contribution in [-0.2, 0) is 34.1 Å². The molecule has 5 heterocycles. The van der Waals surface area contributed by atoms with E-state index in [0.717, 1.165) is 41.7 Å². The summed E-state index contributed by atoms with van der Waals surface area (Å²) < 4.78 is 18.2. The quantitative estimate of drug-likeness (QED) is 0.106. The summed E-state index contributed by atoms with van der Waals surface area (Å²) in [6.45, 7) is 4.10. The molecule has 16 nitrogen and oxygen atoms in total. The van der Waals surface area contributed by atoms with Gasteiger partial charge in [-0.1, -0.05) is 111 Å². The van der Waals surface area contributed by atoms with Gasteiger partial charge in [-0.3, -0.25) is 19.3 Å². The Morgan fingerprint density at radius 1 is 0.851 bits per heavy atom. The molecule has 4 amide bonds. The second-order valence-corrected chi connectivity index (χ2v) is 19.5. The van der Waals surface area contributed by atoms with Crippen molar-refractivity contribution in [3.8, 4) is 17.6 Å². The molecule has 4 aliphatic heterocycles. The third-order valence-electron chi connectivity index (χ3n) is 15.0. The molecule has 0 saturated carbocycles. The van der Waals surface area contributed by atoms with Crippen molar-refractivity contribution in [3.05, 3.63) is 161 Å². The Morgan fingerprint density at radius 3 is 2.23 bits per heavy atom. The van der Waals surface area contributed by atoms with Crippen molar-refractivity contribution in [2.24, 2.45) is 11.8 Å². The number of benzene rings is 4. The number of rotatable bonds is 11. The number of imide groups is 1. The zero-order chi connectivity index (χ0) is 51.5. The number of esters is 2. The summed E-state index contributed by atoms with van der Waals surface area (Å²) in [5.41, 5.74) is 1.65. The highest BCUT2D eigenvalue weighted by Gasteiger charge is 2.76. The summed E-state index contributed by atoms with van der Waals surface area (Å²) in [7, 11) is 1.23. The normalized spacial score (nSPS) is 23.8. The molecule has 4 aromatic carbocycles. The molecule has 74 heavy (non-hydrogen) atoms. The smallest absolute Gasteiger partial charge is 0.329 e. The number of hydrogen-bond donors (Lipinski definition) is 2. The number of carbonyl (C=O) groups excluding carboxylic acids is 5. The van der Waals surface area contributed by atoms with Crippen molar-refractivity contribution >= 4 is 41.4 Å². The number of amides is 4. The minimum Gasteiger partial charge on any atom is -0.491 e. The van der Waals surface area contributed by atoms with Gasteiger partial charge in [0, 0.05) is 49.7 Å². The third-order valence-corrected chi connectivity index (χ3v) is 15.0. The molecule has 0 unspecified atom stereocenters. The Bertz CT molecular complexity index is 3010. The lowest BCUT2D eigenvalue weighted by Gasteiger charge is -2.46. The average Bonchev–Trinajstić information content (AvgIpc) is 3.98. The van der Waals surface area contributed by atoms with Crippen LogP contribution < -0.4 is 19.9 Å². The number of allylic oxidation sites excluding steroid dienone is 2.